The van der Waals surface area contributed by atoms with Crippen molar-refractivity contribution in [3.05, 3.63) is 34.0 Å². The van der Waals surface area contributed by atoms with Gasteiger partial charge in [-0.25, -0.2) is 18.1 Å². The zero-order chi connectivity index (χ0) is 14.8. The Morgan fingerprint density at radius 1 is 1.50 bits per heavy atom. The molecule has 0 saturated carbocycles. The standard InChI is InChI=1S/C12H18N4O2S2/c1-8-7-19-10(6-13-3)11(8)20(17,18)16-9(2)12-14-4-5-15-12/h4-5,7,9,13,16H,6H2,1-3H3,(H,14,15). The van der Waals surface area contributed by atoms with Crippen LogP contribution in [0.4, 0.5) is 0 Å². The molecule has 2 aromatic heterocycles. The van der Waals surface area contributed by atoms with Crippen molar-refractivity contribution in [2.45, 2.75) is 31.3 Å². The topological polar surface area (TPSA) is 86.9 Å². The second-order valence-corrected chi connectivity index (χ2v) is 7.13. The van der Waals surface area contributed by atoms with Crippen LogP contribution in [-0.4, -0.2) is 25.4 Å². The van der Waals surface area contributed by atoms with Gasteiger partial charge < -0.3 is 10.3 Å². The second kappa shape index (κ2) is 6.04. The summed E-state index contributed by atoms with van der Waals surface area (Å²) in [5.74, 6) is 0.594. The van der Waals surface area contributed by atoms with E-state index in [0.29, 0.717) is 17.3 Å². The van der Waals surface area contributed by atoms with Gasteiger partial charge in [-0.15, -0.1) is 11.3 Å². The van der Waals surface area contributed by atoms with Crippen molar-refractivity contribution in [1.29, 1.82) is 0 Å². The first-order chi connectivity index (χ1) is 9.45. The highest BCUT2D eigenvalue weighted by Crippen LogP contribution is 2.27. The summed E-state index contributed by atoms with van der Waals surface area (Å²) in [6.07, 6.45) is 3.27. The predicted molar refractivity (Wildman–Crippen MR) is 79.1 cm³/mol. The minimum atomic E-state index is -3.57. The summed E-state index contributed by atoms with van der Waals surface area (Å²) in [7, 11) is -1.77. The van der Waals surface area contributed by atoms with E-state index in [9.17, 15) is 8.42 Å². The van der Waals surface area contributed by atoms with Crippen LogP contribution in [0.1, 0.15) is 29.2 Å². The summed E-state index contributed by atoms with van der Waals surface area (Å²) in [6, 6.07) is -0.406. The molecule has 6 nitrogen and oxygen atoms in total. The number of H-pyrrole nitrogens is 1. The number of nitrogens with zero attached hydrogens (tertiary/aromatic N) is 1. The molecule has 8 heteroatoms. The lowest BCUT2D eigenvalue weighted by molar-refractivity contribution is 0.559. The highest BCUT2D eigenvalue weighted by Gasteiger charge is 2.25. The summed E-state index contributed by atoms with van der Waals surface area (Å²) in [5.41, 5.74) is 0.763. The van der Waals surface area contributed by atoms with Gasteiger partial charge in [0.25, 0.3) is 0 Å². The molecule has 0 radical (unpaired) electrons. The van der Waals surface area contributed by atoms with Crippen molar-refractivity contribution in [3.63, 3.8) is 0 Å². The van der Waals surface area contributed by atoms with Gasteiger partial charge in [-0.1, -0.05) is 0 Å². The Bertz CT molecular complexity index is 662. The van der Waals surface area contributed by atoms with Crippen molar-refractivity contribution in [1.82, 2.24) is 20.0 Å². The Labute approximate surface area is 122 Å². The van der Waals surface area contributed by atoms with Gasteiger partial charge in [0.15, 0.2) is 0 Å². The smallest absolute Gasteiger partial charge is 0.242 e. The van der Waals surface area contributed by atoms with Gasteiger partial charge >= 0.3 is 0 Å². The summed E-state index contributed by atoms with van der Waals surface area (Å²) in [6.45, 7) is 4.10. The van der Waals surface area contributed by atoms with Crippen LogP contribution in [0, 0.1) is 6.92 Å². The van der Waals surface area contributed by atoms with Gasteiger partial charge in [0.1, 0.15) is 10.7 Å². The first kappa shape index (κ1) is 15.2. The maximum Gasteiger partial charge on any atom is 0.242 e. The molecule has 0 aliphatic heterocycles. The van der Waals surface area contributed by atoms with Crippen LogP contribution in [0.3, 0.4) is 0 Å². The Morgan fingerprint density at radius 2 is 2.25 bits per heavy atom. The number of sulfonamides is 1. The quantitative estimate of drug-likeness (QED) is 0.755. The Morgan fingerprint density at radius 3 is 2.85 bits per heavy atom. The Kier molecular flexibility index (Phi) is 4.59. The number of hydrogen-bond donors (Lipinski definition) is 3. The van der Waals surface area contributed by atoms with Crippen LogP contribution in [0.5, 0.6) is 0 Å². The number of imidazole rings is 1. The lowest BCUT2D eigenvalue weighted by atomic mass is 10.3. The SMILES string of the molecule is CNCc1scc(C)c1S(=O)(=O)NC(C)c1ncc[nH]1. The molecular formula is C12H18N4O2S2. The van der Waals surface area contributed by atoms with Gasteiger partial charge in [0, 0.05) is 23.8 Å². The molecule has 0 aliphatic carbocycles. The molecule has 0 bridgehead atoms. The third kappa shape index (κ3) is 3.09. The Hall–Kier alpha value is -1.22. The highest BCUT2D eigenvalue weighted by molar-refractivity contribution is 7.89. The van der Waals surface area contributed by atoms with Crippen LogP contribution in [0.2, 0.25) is 0 Å². The van der Waals surface area contributed by atoms with Gasteiger partial charge in [-0.2, -0.15) is 0 Å². The van der Waals surface area contributed by atoms with E-state index in [1.807, 2.05) is 12.3 Å². The number of aromatic amines is 1. The minimum Gasteiger partial charge on any atom is -0.347 e. The van der Waals surface area contributed by atoms with E-state index >= 15 is 0 Å². The summed E-state index contributed by atoms with van der Waals surface area (Å²) >= 11 is 1.45. The fourth-order valence-corrected chi connectivity index (χ4v) is 5.02. The van der Waals surface area contributed by atoms with Gasteiger partial charge in [-0.05, 0) is 31.8 Å². The molecule has 110 valence electrons. The maximum atomic E-state index is 12.5. The van der Waals surface area contributed by atoms with E-state index in [1.54, 1.807) is 26.4 Å². The summed E-state index contributed by atoms with van der Waals surface area (Å²) in [5, 5.41) is 4.85. The van der Waals surface area contributed by atoms with Crippen molar-refractivity contribution in [2.75, 3.05) is 7.05 Å². The number of rotatable bonds is 6. The van der Waals surface area contributed by atoms with Crippen LogP contribution >= 0.6 is 11.3 Å². The van der Waals surface area contributed by atoms with E-state index in [4.69, 9.17) is 0 Å². The summed E-state index contributed by atoms with van der Waals surface area (Å²) < 4.78 is 27.7. The molecule has 2 aromatic rings. The second-order valence-electron chi connectivity index (χ2n) is 4.52. The number of aryl methyl sites for hydroxylation is 1. The molecule has 0 spiro atoms. The van der Waals surface area contributed by atoms with E-state index < -0.39 is 16.1 Å². The van der Waals surface area contributed by atoms with E-state index in [1.165, 1.54) is 11.3 Å². The predicted octanol–water partition coefficient (Wildman–Crippen LogP) is 1.54. The molecule has 1 atom stereocenters. The maximum absolute atomic E-state index is 12.5. The molecule has 2 rings (SSSR count). The minimum absolute atomic E-state index is 0.371. The van der Waals surface area contributed by atoms with E-state index in [-0.39, 0.29) is 0 Å². The molecule has 0 amide bonds. The largest absolute Gasteiger partial charge is 0.347 e. The van der Waals surface area contributed by atoms with Crippen LogP contribution < -0.4 is 10.0 Å². The van der Waals surface area contributed by atoms with Gasteiger partial charge in [0.2, 0.25) is 10.0 Å². The molecular weight excluding hydrogens is 296 g/mol. The molecule has 0 aliphatic rings. The van der Waals surface area contributed by atoms with Crippen molar-refractivity contribution in [3.8, 4) is 0 Å². The fourth-order valence-electron chi connectivity index (χ4n) is 1.99. The third-order valence-corrected chi connectivity index (χ3v) is 5.86. The number of hydrogen-bond acceptors (Lipinski definition) is 5. The van der Waals surface area contributed by atoms with Gasteiger partial charge in [-0.3, -0.25) is 0 Å². The monoisotopic (exact) mass is 314 g/mol. The third-order valence-electron chi connectivity index (χ3n) is 2.86. The first-order valence-corrected chi connectivity index (χ1v) is 8.55. The van der Waals surface area contributed by atoms with Crippen LogP contribution in [0.25, 0.3) is 0 Å². The lowest BCUT2D eigenvalue weighted by Gasteiger charge is -2.13. The van der Waals surface area contributed by atoms with E-state index in [2.05, 4.69) is 20.0 Å². The average Bonchev–Trinajstić information content (AvgIpc) is 2.99. The molecule has 3 N–H and O–H groups in total. The Balaban J connectivity index is 2.29. The van der Waals surface area contributed by atoms with Crippen molar-refractivity contribution < 1.29 is 8.42 Å². The lowest BCUT2D eigenvalue weighted by Crippen LogP contribution is -2.28. The number of thiophene rings is 1. The fraction of sp³-hybridized carbons (Fsp3) is 0.417. The van der Waals surface area contributed by atoms with Gasteiger partial charge in [0.05, 0.1) is 6.04 Å². The van der Waals surface area contributed by atoms with Crippen LogP contribution in [0.15, 0.2) is 22.7 Å². The molecule has 1 unspecified atom stereocenters. The average molecular weight is 314 g/mol. The zero-order valence-corrected chi connectivity index (χ0v) is 13.2. The normalized spacial score (nSPS) is 13.6. The molecule has 0 aromatic carbocycles. The first-order valence-electron chi connectivity index (χ1n) is 6.19. The molecule has 0 saturated heterocycles. The van der Waals surface area contributed by atoms with Crippen LogP contribution in [-0.2, 0) is 16.6 Å². The zero-order valence-electron chi connectivity index (χ0n) is 11.6. The number of aromatic nitrogens is 2. The molecule has 0 fully saturated rings. The molecule has 20 heavy (non-hydrogen) atoms. The summed E-state index contributed by atoms with van der Waals surface area (Å²) in [4.78, 5) is 8.16. The van der Waals surface area contributed by atoms with Crippen molar-refractivity contribution >= 4 is 21.4 Å². The molecule has 2 heterocycles. The highest BCUT2D eigenvalue weighted by atomic mass is 32.2. The van der Waals surface area contributed by atoms with Crippen molar-refractivity contribution in [2.24, 2.45) is 0 Å². The van der Waals surface area contributed by atoms with E-state index in [0.717, 1.165) is 10.4 Å². The number of nitrogens with one attached hydrogen (secondary N) is 3.